The maximum atomic E-state index is 12.5. The molecule has 0 atom stereocenters. The van der Waals surface area contributed by atoms with Crippen LogP contribution in [0.1, 0.15) is 34.7 Å². The minimum atomic E-state index is -0.504. The smallest absolute Gasteiger partial charge is 0.254 e. The highest BCUT2D eigenvalue weighted by Gasteiger charge is 2.25. The Morgan fingerprint density at radius 2 is 1.96 bits per heavy atom. The summed E-state index contributed by atoms with van der Waals surface area (Å²) in [5, 5.41) is 9.43. The van der Waals surface area contributed by atoms with Crippen LogP contribution in [0.2, 0.25) is 0 Å². The van der Waals surface area contributed by atoms with Crippen molar-refractivity contribution in [3.63, 3.8) is 0 Å². The predicted molar refractivity (Wildman–Crippen MR) is 89.8 cm³/mol. The number of carbonyl (C=O) groups is 1. The molecule has 2 aromatic rings. The standard InChI is InChI=1S/C17H20N4O4/c1-10-7-16(19-11(2)18-10)25-13-3-5-21(6-4-13)17(24)12-8-14(22)20-15(23)9-12/h7-9,13H,3-6H2,1-2H3,(H2,20,22,23). The Morgan fingerprint density at radius 1 is 1.24 bits per heavy atom. The van der Waals surface area contributed by atoms with Crippen molar-refractivity contribution >= 4 is 5.91 Å². The topological polar surface area (TPSA) is 108 Å². The highest BCUT2D eigenvalue weighted by atomic mass is 16.5. The predicted octanol–water partition coefficient (Wildman–Crippen LogP) is 1.17. The number of rotatable bonds is 3. The van der Waals surface area contributed by atoms with Gasteiger partial charge in [-0.1, -0.05) is 0 Å². The lowest BCUT2D eigenvalue weighted by atomic mass is 10.1. The lowest BCUT2D eigenvalue weighted by Crippen LogP contribution is -2.42. The molecule has 0 unspecified atom stereocenters. The molecule has 8 nitrogen and oxygen atoms in total. The van der Waals surface area contributed by atoms with Gasteiger partial charge < -0.3 is 14.7 Å². The molecule has 1 saturated heterocycles. The Kier molecular flexibility index (Phi) is 4.69. The van der Waals surface area contributed by atoms with Crippen molar-refractivity contribution in [3.05, 3.63) is 45.6 Å². The molecule has 0 aromatic carbocycles. The minimum Gasteiger partial charge on any atom is -0.494 e. The molecule has 0 bridgehead atoms. The number of aromatic amines is 1. The minimum absolute atomic E-state index is 0.0228. The Balaban J connectivity index is 1.61. The van der Waals surface area contributed by atoms with Crippen molar-refractivity contribution in [2.24, 2.45) is 0 Å². The van der Waals surface area contributed by atoms with Crippen LogP contribution >= 0.6 is 0 Å². The van der Waals surface area contributed by atoms with E-state index in [4.69, 9.17) is 4.74 Å². The summed E-state index contributed by atoms with van der Waals surface area (Å²) >= 11 is 0. The highest BCUT2D eigenvalue weighted by Crippen LogP contribution is 2.19. The molecule has 8 heteroatoms. The number of aromatic nitrogens is 3. The molecule has 1 aliphatic heterocycles. The maximum Gasteiger partial charge on any atom is 0.254 e. The van der Waals surface area contributed by atoms with E-state index in [1.54, 1.807) is 11.0 Å². The van der Waals surface area contributed by atoms with Crippen LogP contribution in [0.5, 0.6) is 11.8 Å². The molecule has 25 heavy (non-hydrogen) atoms. The molecule has 0 saturated carbocycles. The van der Waals surface area contributed by atoms with Gasteiger partial charge in [0.05, 0.1) is 5.56 Å². The quantitative estimate of drug-likeness (QED) is 0.865. The number of hydrogen-bond acceptors (Lipinski definition) is 6. The molecule has 2 aromatic heterocycles. The zero-order chi connectivity index (χ0) is 18.0. The van der Waals surface area contributed by atoms with E-state index in [-0.39, 0.29) is 23.5 Å². The number of likely N-dealkylation sites (tertiary alicyclic amines) is 1. The number of carbonyl (C=O) groups excluding carboxylic acids is 1. The number of amides is 1. The van der Waals surface area contributed by atoms with Gasteiger partial charge in [-0.15, -0.1) is 0 Å². The van der Waals surface area contributed by atoms with Crippen molar-refractivity contribution in [1.82, 2.24) is 19.9 Å². The van der Waals surface area contributed by atoms with Crippen molar-refractivity contribution < 1.29 is 14.6 Å². The van der Waals surface area contributed by atoms with E-state index in [2.05, 4.69) is 15.0 Å². The summed E-state index contributed by atoms with van der Waals surface area (Å²) in [4.78, 5) is 36.2. The summed E-state index contributed by atoms with van der Waals surface area (Å²) in [6, 6.07) is 4.25. The maximum absolute atomic E-state index is 12.5. The summed E-state index contributed by atoms with van der Waals surface area (Å²) in [5.41, 5.74) is 0.531. The monoisotopic (exact) mass is 344 g/mol. The third kappa shape index (κ3) is 4.14. The Bertz CT molecular complexity index is 821. The Hall–Kier alpha value is -2.90. The number of H-pyrrole nitrogens is 1. The van der Waals surface area contributed by atoms with E-state index in [0.717, 1.165) is 5.69 Å². The molecule has 132 valence electrons. The Morgan fingerprint density at radius 3 is 2.60 bits per heavy atom. The first-order valence-electron chi connectivity index (χ1n) is 8.12. The lowest BCUT2D eigenvalue weighted by molar-refractivity contribution is 0.0586. The number of aryl methyl sites for hydroxylation is 2. The summed E-state index contributed by atoms with van der Waals surface area (Å²) in [6.45, 7) is 4.73. The van der Waals surface area contributed by atoms with Crippen molar-refractivity contribution in [2.45, 2.75) is 32.8 Å². The molecular weight excluding hydrogens is 324 g/mol. The lowest BCUT2D eigenvalue weighted by Gasteiger charge is -2.32. The normalized spacial score (nSPS) is 15.2. The first kappa shape index (κ1) is 16.9. The third-order valence-electron chi connectivity index (χ3n) is 4.04. The van der Waals surface area contributed by atoms with Gasteiger partial charge in [0, 0.05) is 49.8 Å². The second-order valence-electron chi connectivity index (χ2n) is 6.12. The summed E-state index contributed by atoms with van der Waals surface area (Å²) in [5.74, 6) is 0.628. The fourth-order valence-electron chi connectivity index (χ4n) is 2.93. The second-order valence-corrected chi connectivity index (χ2v) is 6.12. The van der Waals surface area contributed by atoms with Gasteiger partial charge in [0.1, 0.15) is 11.9 Å². The SMILES string of the molecule is Cc1cc(OC2CCN(C(=O)c3cc(O)[nH]c(=O)c3)CC2)nc(C)n1. The van der Waals surface area contributed by atoms with Gasteiger partial charge in [0.2, 0.25) is 5.88 Å². The van der Waals surface area contributed by atoms with Crippen LogP contribution in [-0.2, 0) is 0 Å². The molecule has 2 N–H and O–H groups in total. The van der Waals surface area contributed by atoms with Crippen LogP contribution in [0.15, 0.2) is 23.0 Å². The molecule has 3 heterocycles. The summed E-state index contributed by atoms with van der Waals surface area (Å²) in [7, 11) is 0. The molecule has 0 aliphatic carbocycles. The number of aromatic hydroxyl groups is 1. The number of piperidine rings is 1. The zero-order valence-corrected chi connectivity index (χ0v) is 14.2. The number of ether oxygens (including phenoxy) is 1. The number of hydrogen-bond donors (Lipinski definition) is 2. The molecule has 1 amide bonds. The van der Waals surface area contributed by atoms with E-state index in [9.17, 15) is 14.7 Å². The van der Waals surface area contributed by atoms with Crippen molar-refractivity contribution in [2.75, 3.05) is 13.1 Å². The highest BCUT2D eigenvalue weighted by molar-refractivity contribution is 5.94. The van der Waals surface area contributed by atoms with E-state index in [0.29, 0.717) is 37.6 Å². The fraction of sp³-hybridized carbons (Fsp3) is 0.412. The largest absolute Gasteiger partial charge is 0.494 e. The third-order valence-corrected chi connectivity index (χ3v) is 4.04. The molecule has 1 aliphatic rings. The molecule has 0 radical (unpaired) electrons. The van der Waals surface area contributed by atoms with E-state index >= 15 is 0 Å². The van der Waals surface area contributed by atoms with Gasteiger partial charge in [-0.05, 0) is 13.8 Å². The first-order chi connectivity index (χ1) is 11.9. The van der Waals surface area contributed by atoms with Crippen LogP contribution in [0, 0.1) is 13.8 Å². The van der Waals surface area contributed by atoms with Gasteiger partial charge >= 0.3 is 0 Å². The van der Waals surface area contributed by atoms with Crippen LogP contribution in [0.4, 0.5) is 0 Å². The van der Waals surface area contributed by atoms with Crippen LogP contribution < -0.4 is 10.3 Å². The van der Waals surface area contributed by atoms with Gasteiger partial charge in [-0.25, -0.2) is 4.98 Å². The zero-order valence-electron chi connectivity index (χ0n) is 14.2. The molecular formula is C17H20N4O4. The van der Waals surface area contributed by atoms with Crippen LogP contribution in [0.25, 0.3) is 0 Å². The number of nitrogens with one attached hydrogen (secondary N) is 1. The van der Waals surface area contributed by atoms with Gasteiger partial charge in [0.15, 0.2) is 5.88 Å². The number of nitrogens with zero attached hydrogens (tertiary/aromatic N) is 3. The van der Waals surface area contributed by atoms with E-state index in [1.807, 2.05) is 13.8 Å². The summed E-state index contributed by atoms with van der Waals surface area (Å²) < 4.78 is 5.90. The van der Waals surface area contributed by atoms with Crippen molar-refractivity contribution in [1.29, 1.82) is 0 Å². The van der Waals surface area contributed by atoms with Gasteiger partial charge in [-0.2, -0.15) is 4.98 Å². The summed E-state index contributed by atoms with van der Waals surface area (Å²) in [6.07, 6.45) is 1.32. The van der Waals surface area contributed by atoms with Crippen LogP contribution in [0.3, 0.4) is 0 Å². The first-order valence-corrected chi connectivity index (χ1v) is 8.12. The van der Waals surface area contributed by atoms with Gasteiger partial charge in [0.25, 0.3) is 11.5 Å². The second kappa shape index (κ2) is 6.92. The fourth-order valence-corrected chi connectivity index (χ4v) is 2.93. The number of pyridine rings is 1. The molecule has 0 spiro atoms. The van der Waals surface area contributed by atoms with Crippen LogP contribution in [-0.4, -0.2) is 50.1 Å². The molecule has 3 rings (SSSR count). The van der Waals surface area contributed by atoms with Gasteiger partial charge in [-0.3, -0.25) is 14.6 Å². The van der Waals surface area contributed by atoms with Crippen molar-refractivity contribution in [3.8, 4) is 11.8 Å². The van der Waals surface area contributed by atoms with E-state index in [1.165, 1.54) is 12.1 Å². The average molecular weight is 344 g/mol. The van der Waals surface area contributed by atoms with E-state index < -0.39 is 5.56 Å². The average Bonchev–Trinajstić information content (AvgIpc) is 2.53. The molecule has 1 fully saturated rings. The Labute approximate surface area is 144 Å².